The highest BCUT2D eigenvalue weighted by molar-refractivity contribution is 7.99. The van der Waals surface area contributed by atoms with Crippen LogP contribution in [0.15, 0.2) is 47.4 Å². The molecule has 0 saturated carbocycles. The summed E-state index contributed by atoms with van der Waals surface area (Å²) in [7, 11) is 0. The lowest BCUT2D eigenvalue weighted by Gasteiger charge is -2.14. The van der Waals surface area contributed by atoms with Crippen LogP contribution in [0.1, 0.15) is 19.8 Å². The van der Waals surface area contributed by atoms with Crippen LogP contribution < -0.4 is 5.32 Å². The summed E-state index contributed by atoms with van der Waals surface area (Å²) in [5.41, 5.74) is 0. The quantitative estimate of drug-likeness (QED) is 0.559. The minimum atomic E-state index is -1.07. The highest BCUT2D eigenvalue weighted by atomic mass is 32.2. The van der Waals surface area contributed by atoms with Gasteiger partial charge < -0.3 is 15.2 Å². The van der Waals surface area contributed by atoms with Crippen molar-refractivity contribution < 1.29 is 19.4 Å². The zero-order chi connectivity index (χ0) is 17.4. The number of unbranched alkanes of at least 4 members (excludes halogenated alkanes) is 1. The predicted octanol–water partition coefficient (Wildman–Crippen LogP) is 3.91. The van der Waals surface area contributed by atoms with Crippen LogP contribution in [0.5, 0.6) is 0 Å². The number of aliphatic carboxylic acids is 1. The number of carboxylic acids is 1. The van der Waals surface area contributed by atoms with Gasteiger partial charge in [-0.1, -0.05) is 43.7 Å². The molecule has 0 saturated heterocycles. The van der Waals surface area contributed by atoms with Crippen molar-refractivity contribution in [3.63, 3.8) is 0 Å². The van der Waals surface area contributed by atoms with Gasteiger partial charge in [0.15, 0.2) is 0 Å². The van der Waals surface area contributed by atoms with Gasteiger partial charge in [0.25, 0.3) is 0 Å². The Hall–Kier alpha value is -2.21. The molecule has 2 aromatic carbocycles. The molecule has 2 N–H and O–H groups in total. The summed E-state index contributed by atoms with van der Waals surface area (Å²) in [6.45, 7) is 2.29. The van der Waals surface area contributed by atoms with Crippen LogP contribution in [-0.4, -0.2) is 35.6 Å². The van der Waals surface area contributed by atoms with Gasteiger partial charge in [0.2, 0.25) is 0 Å². The van der Waals surface area contributed by atoms with Gasteiger partial charge in [0.05, 0.1) is 6.61 Å². The van der Waals surface area contributed by atoms with Gasteiger partial charge in [-0.2, -0.15) is 0 Å². The second-order valence-electron chi connectivity index (χ2n) is 5.34. The van der Waals surface area contributed by atoms with Crippen LogP contribution in [0.3, 0.4) is 0 Å². The monoisotopic (exact) mass is 347 g/mol. The molecule has 0 aliphatic rings. The van der Waals surface area contributed by atoms with Gasteiger partial charge in [-0.15, -0.1) is 11.8 Å². The molecule has 0 aromatic heterocycles. The second kappa shape index (κ2) is 9.17. The van der Waals surface area contributed by atoms with Crippen molar-refractivity contribution >= 4 is 34.6 Å². The molecular formula is C18H21NO4S. The smallest absolute Gasteiger partial charge is 0.407 e. The second-order valence-corrected chi connectivity index (χ2v) is 6.44. The van der Waals surface area contributed by atoms with E-state index in [9.17, 15) is 14.7 Å². The number of fused-ring (bicyclic) bond motifs is 1. The number of hydrogen-bond donors (Lipinski definition) is 2. The standard InChI is InChI=1S/C18H21NO4S/c1-2-3-10-23-18(22)19-16(17(20)21)12-24-15-9-8-13-6-4-5-7-14(13)11-15/h4-9,11,16H,2-3,10,12H2,1H3,(H,19,22)(H,20,21). The van der Waals surface area contributed by atoms with E-state index in [4.69, 9.17) is 4.74 Å². The molecule has 0 heterocycles. The van der Waals surface area contributed by atoms with E-state index in [0.29, 0.717) is 6.61 Å². The van der Waals surface area contributed by atoms with Crippen molar-refractivity contribution in [2.75, 3.05) is 12.4 Å². The van der Waals surface area contributed by atoms with E-state index in [1.807, 2.05) is 49.4 Å². The van der Waals surface area contributed by atoms with E-state index in [2.05, 4.69) is 5.32 Å². The summed E-state index contributed by atoms with van der Waals surface area (Å²) in [6.07, 6.45) is 0.986. The Bertz CT molecular complexity index is 704. The largest absolute Gasteiger partial charge is 0.480 e. The van der Waals surface area contributed by atoms with E-state index < -0.39 is 18.1 Å². The van der Waals surface area contributed by atoms with E-state index in [1.165, 1.54) is 11.8 Å². The lowest BCUT2D eigenvalue weighted by Crippen LogP contribution is -2.42. The molecule has 5 nitrogen and oxygen atoms in total. The molecule has 0 aliphatic heterocycles. The summed E-state index contributed by atoms with van der Waals surface area (Å²) in [6, 6.07) is 12.9. The van der Waals surface area contributed by atoms with E-state index in [0.717, 1.165) is 28.5 Å². The minimum Gasteiger partial charge on any atom is -0.480 e. The SMILES string of the molecule is CCCCOC(=O)NC(CSc1ccc2ccccc2c1)C(=O)O. The first-order valence-corrected chi connectivity index (χ1v) is 8.86. The zero-order valence-corrected chi connectivity index (χ0v) is 14.3. The van der Waals surface area contributed by atoms with Gasteiger partial charge in [0.1, 0.15) is 6.04 Å². The maximum absolute atomic E-state index is 11.6. The molecule has 1 amide bonds. The fourth-order valence-corrected chi connectivity index (χ4v) is 3.06. The van der Waals surface area contributed by atoms with Gasteiger partial charge in [0, 0.05) is 10.6 Å². The Morgan fingerprint density at radius 2 is 1.96 bits per heavy atom. The average molecular weight is 347 g/mol. The molecule has 128 valence electrons. The van der Waals surface area contributed by atoms with Crippen molar-refractivity contribution in [3.8, 4) is 0 Å². The maximum Gasteiger partial charge on any atom is 0.407 e. The van der Waals surface area contributed by atoms with Crippen molar-refractivity contribution in [1.29, 1.82) is 0 Å². The fourth-order valence-electron chi connectivity index (χ4n) is 2.10. The number of alkyl carbamates (subject to hydrolysis) is 1. The number of carboxylic acid groups (broad SMARTS) is 1. The molecule has 0 radical (unpaired) electrons. The number of carbonyl (C=O) groups excluding carboxylic acids is 1. The summed E-state index contributed by atoms with van der Waals surface area (Å²) in [5, 5.41) is 13.9. The number of rotatable bonds is 8. The van der Waals surface area contributed by atoms with Crippen molar-refractivity contribution in [2.24, 2.45) is 0 Å². The molecule has 0 fully saturated rings. The van der Waals surface area contributed by atoms with Crippen molar-refractivity contribution in [3.05, 3.63) is 42.5 Å². The highest BCUT2D eigenvalue weighted by Gasteiger charge is 2.20. The van der Waals surface area contributed by atoms with Crippen LogP contribution in [0.4, 0.5) is 4.79 Å². The van der Waals surface area contributed by atoms with E-state index in [-0.39, 0.29) is 5.75 Å². The minimum absolute atomic E-state index is 0.233. The van der Waals surface area contributed by atoms with Gasteiger partial charge in [-0.25, -0.2) is 9.59 Å². The summed E-state index contributed by atoms with van der Waals surface area (Å²) in [4.78, 5) is 23.9. The number of nitrogens with one attached hydrogen (secondary N) is 1. The third kappa shape index (κ3) is 5.45. The molecular weight excluding hydrogens is 326 g/mol. The first kappa shape index (κ1) is 18.1. The highest BCUT2D eigenvalue weighted by Crippen LogP contribution is 2.24. The molecule has 6 heteroatoms. The van der Waals surface area contributed by atoms with Crippen LogP contribution in [0, 0.1) is 0 Å². The predicted molar refractivity (Wildman–Crippen MR) is 95.5 cm³/mol. The lowest BCUT2D eigenvalue weighted by atomic mass is 10.1. The zero-order valence-electron chi connectivity index (χ0n) is 13.5. The lowest BCUT2D eigenvalue weighted by molar-refractivity contribution is -0.138. The number of benzene rings is 2. The normalized spacial score (nSPS) is 11.9. The molecule has 1 unspecified atom stereocenters. The van der Waals surface area contributed by atoms with E-state index >= 15 is 0 Å². The molecule has 24 heavy (non-hydrogen) atoms. The summed E-state index contributed by atoms with van der Waals surface area (Å²) >= 11 is 1.39. The van der Waals surface area contributed by atoms with Crippen molar-refractivity contribution in [2.45, 2.75) is 30.7 Å². The number of amides is 1. The van der Waals surface area contributed by atoms with Gasteiger partial charge in [-0.05, 0) is 29.3 Å². The number of carbonyl (C=O) groups is 2. The Labute approximate surface area is 145 Å². The number of ether oxygens (including phenoxy) is 1. The third-order valence-electron chi connectivity index (χ3n) is 3.46. The molecule has 0 bridgehead atoms. The van der Waals surface area contributed by atoms with Crippen LogP contribution in [-0.2, 0) is 9.53 Å². The van der Waals surface area contributed by atoms with Crippen LogP contribution >= 0.6 is 11.8 Å². The Kier molecular flexibility index (Phi) is 6.93. The molecule has 1 atom stereocenters. The summed E-state index contributed by atoms with van der Waals surface area (Å²) in [5.74, 6) is -0.841. The molecule has 0 spiro atoms. The van der Waals surface area contributed by atoms with Gasteiger partial charge in [-0.3, -0.25) is 0 Å². The Balaban J connectivity index is 1.92. The first-order valence-electron chi connectivity index (χ1n) is 7.88. The van der Waals surface area contributed by atoms with Crippen LogP contribution in [0.25, 0.3) is 10.8 Å². The average Bonchev–Trinajstić information content (AvgIpc) is 2.58. The Morgan fingerprint density at radius 3 is 2.67 bits per heavy atom. The molecule has 2 rings (SSSR count). The maximum atomic E-state index is 11.6. The Morgan fingerprint density at radius 1 is 1.21 bits per heavy atom. The third-order valence-corrected chi connectivity index (χ3v) is 4.55. The van der Waals surface area contributed by atoms with Crippen molar-refractivity contribution in [1.82, 2.24) is 5.32 Å². The van der Waals surface area contributed by atoms with Crippen LogP contribution in [0.2, 0.25) is 0 Å². The molecule has 0 aliphatic carbocycles. The topological polar surface area (TPSA) is 75.6 Å². The van der Waals surface area contributed by atoms with Gasteiger partial charge >= 0.3 is 12.1 Å². The fraction of sp³-hybridized carbons (Fsp3) is 0.333. The molecule has 2 aromatic rings. The number of hydrogen-bond acceptors (Lipinski definition) is 4. The first-order chi connectivity index (χ1) is 11.6. The number of thioether (sulfide) groups is 1. The summed E-state index contributed by atoms with van der Waals surface area (Å²) < 4.78 is 4.95. The van der Waals surface area contributed by atoms with E-state index in [1.54, 1.807) is 0 Å².